The van der Waals surface area contributed by atoms with Crippen molar-refractivity contribution in [2.75, 3.05) is 19.6 Å². The summed E-state index contributed by atoms with van der Waals surface area (Å²) in [4.78, 5) is 2.46. The molecule has 0 radical (unpaired) electrons. The fourth-order valence-electron chi connectivity index (χ4n) is 4.14. The van der Waals surface area contributed by atoms with Crippen LogP contribution in [0.25, 0.3) is 0 Å². The van der Waals surface area contributed by atoms with Gasteiger partial charge in [-0.1, -0.05) is 18.2 Å². The molecule has 4 rings (SSSR count). The molecule has 1 unspecified atom stereocenters. The second-order valence-electron chi connectivity index (χ2n) is 7.02. The number of rotatable bonds is 4. The van der Waals surface area contributed by atoms with Gasteiger partial charge < -0.3 is 10.0 Å². The van der Waals surface area contributed by atoms with Crippen molar-refractivity contribution >= 4 is 0 Å². The minimum Gasteiger partial charge on any atom is -0.384 e. The van der Waals surface area contributed by atoms with Gasteiger partial charge in [-0.05, 0) is 80.6 Å². The zero-order valence-electron chi connectivity index (χ0n) is 12.3. The molecule has 1 heterocycles. The molecule has 0 spiro atoms. The summed E-state index contributed by atoms with van der Waals surface area (Å²) in [7, 11) is 0. The van der Waals surface area contributed by atoms with Crippen LogP contribution in [0.15, 0.2) is 18.2 Å². The molecule has 20 heavy (non-hydrogen) atoms. The van der Waals surface area contributed by atoms with Crippen molar-refractivity contribution in [2.24, 2.45) is 5.92 Å². The van der Waals surface area contributed by atoms with Crippen molar-refractivity contribution in [1.29, 1.82) is 0 Å². The molecule has 108 valence electrons. The molecule has 2 aliphatic carbocycles. The van der Waals surface area contributed by atoms with Crippen LogP contribution in [0.1, 0.15) is 48.8 Å². The van der Waals surface area contributed by atoms with E-state index >= 15 is 0 Å². The number of hydrogen-bond acceptors (Lipinski definition) is 2. The van der Waals surface area contributed by atoms with Crippen LogP contribution in [0.5, 0.6) is 0 Å². The molecule has 0 bridgehead atoms. The molecule has 1 N–H and O–H groups in total. The van der Waals surface area contributed by atoms with Crippen LogP contribution in [0.3, 0.4) is 0 Å². The molecule has 0 aromatic heterocycles. The second-order valence-corrected chi connectivity index (χ2v) is 7.02. The minimum absolute atomic E-state index is 0.488. The third-order valence-corrected chi connectivity index (χ3v) is 5.51. The first-order chi connectivity index (χ1) is 9.75. The normalized spacial score (nSPS) is 25.6. The van der Waals surface area contributed by atoms with Gasteiger partial charge in [-0.25, -0.2) is 0 Å². The quantitative estimate of drug-likeness (QED) is 0.910. The highest BCUT2D eigenvalue weighted by atomic mass is 16.3. The van der Waals surface area contributed by atoms with Crippen molar-refractivity contribution in [2.45, 2.75) is 50.5 Å². The molecule has 1 atom stereocenters. The summed E-state index contributed by atoms with van der Waals surface area (Å²) in [5.41, 5.74) is 3.59. The third-order valence-electron chi connectivity index (χ3n) is 5.51. The van der Waals surface area contributed by atoms with Gasteiger partial charge in [0.2, 0.25) is 0 Å². The van der Waals surface area contributed by atoms with E-state index in [4.69, 9.17) is 0 Å². The smallest absolute Gasteiger partial charge is 0.105 e. The van der Waals surface area contributed by atoms with Crippen LogP contribution in [0.4, 0.5) is 0 Å². The van der Waals surface area contributed by atoms with E-state index in [9.17, 15) is 5.11 Å². The number of fused-ring (bicyclic) bond motifs is 1. The van der Waals surface area contributed by atoms with Crippen LogP contribution < -0.4 is 0 Å². The number of hydrogen-bond donors (Lipinski definition) is 1. The maximum atomic E-state index is 11.4. The molecule has 2 heteroatoms. The van der Waals surface area contributed by atoms with E-state index < -0.39 is 5.60 Å². The van der Waals surface area contributed by atoms with E-state index in [1.54, 1.807) is 0 Å². The van der Waals surface area contributed by atoms with Crippen molar-refractivity contribution < 1.29 is 5.11 Å². The van der Waals surface area contributed by atoms with Gasteiger partial charge in [-0.15, -0.1) is 0 Å². The van der Waals surface area contributed by atoms with Gasteiger partial charge in [0.25, 0.3) is 0 Å². The Hall–Kier alpha value is -0.860. The number of benzene rings is 1. The van der Waals surface area contributed by atoms with Crippen LogP contribution in [0, 0.1) is 5.92 Å². The zero-order valence-corrected chi connectivity index (χ0v) is 12.3. The Kier molecular flexibility index (Phi) is 3.12. The highest BCUT2D eigenvalue weighted by Crippen LogP contribution is 2.47. The molecule has 1 aromatic rings. The monoisotopic (exact) mass is 271 g/mol. The molecule has 2 fully saturated rings. The maximum absolute atomic E-state index is 11.4. The molecule has 1 aliphatic heterocycles. The maximum Gasteiger partial charge on any atom is 0.105 e. The summed E-state index contributed by atoms with van der Waals surface area (Å²) in [5, 5.41) is 11.4. The highest BCUT2D eigenvalue weighted by Gasteiger charge is 2.46. The van der Waals surface area contributed by atoms with Crippen molar-refractivity contribution in [3.05, 3.63) is 34.9 Å². The average Bonchev–Trinajstić information content (AvgIpc) is 3.01. The second kappa shape index (κ2) is 4.85. The summed E-state index contributed by atoms with van der Waals surface area (Å²) in [6.07, 6.45) is 8.70. The molecular formula is C18H25NO. The Morgan fingerprint density at radius 1 is 1.05 bits per heavy atom. The largest absolute Gasteiger partial charge is 0.384 e. The third kappa shape index (κ3) is 2.19. The van der Waals surface area contributed by atoms with Crippen molar-refractivity contribution in [1.82, 2.24) is 4.90 Å². The Bertz CT molecular complexity index is 502. The van der Waals surface area contributed by atoms with Crippen LogP contribution in [-0.4, -0.2) is 29.6 Å². The van der Waals surface area contributed by atoms with Gasteiger partial charge in [-0.3, -0.25) is 0 Å². The summed E-state index contributed by atoms with van der Waals surface area (Å²) in [6.45, 7) is 3.18. The summed E-state index contributed by atoms with van der Waals surface area (Å²) in [5.74, 6) is 0.488. The number of aliphatic hydroxyl groups is 1. The Morgan fingerprint density at radius 2 is 1.80 bits per heavy atom. The first-order valence-electron chi connectivity index (χ1n) is 8.33. The molecule has 1 saturated carbocycles. The number of aryl methyl sites for hydroxylation is 2. The lowest BCUT2D eigenvalue weighted by Gasteiger charge is -2.33. The fraction of sp³-hybridized carbons (Fsp3) is 0.667. The lowest BCUT2D eigenvalue weighted by molar-refractivity contribution is -0.0159. The van der Waals surface area contributed by atoms with Gasteiger partial charge in [0, 0.05) is 6.54 Å². The van der Waals surface area contributed by atoms with Crippen LogP contribution in [-0.2, 0) is 18.4 Å². The zero-order chi connectivity index (χ0) is 13.6. The molecule has 2 nitrogen and oxygen atoms in total. The lowest BCUT2D eigenvalue weighted by Crippen LogP contribution is -2.41. The van der Waals surface area contributed by atoms with Crippen LogP contribution in [0.2, 0.25) is 0 Å². The minimum atomic E-state index is -0.595. The van der Waals surface area contributed by atoms with Gasteiger partial charge in [-0.2, -0.15) is 0 Å². The van der Waals surface area contributed by atoms with Gasteiger partial charge in [0.05, 0.1) is 0 Å². The molecule has 0 amide bonds. The summed E-state index contributed by atoms with van der Waals surface area (Å²) < 4.78 is 0. The Morgan fingerprint density at radius 3 is 2.55 bits per heavy atom. The van der Waals surface area contributed by atoms with E-state index in [-0.39, 0.29) is 0 Å². The van der Waals surface area contributed by atoms with Crippen molar-refractivity contribution in [3.63, 3.8) is 0 Å². The average molecular weight is 271 g/mol. The predicted molar refractivity (Wildman–Crippen MR) is 80.8 cm³/mol. The van der Waals surface area contributed by atoms with E-state index in [0.717, 1.165) is 6.54 Å². The van der Waals surface area contributed by atoms with E-state index in [2.05, 4.69) is 23.1 Å². The highest BCUT2D eigenvalue weighted by molar-refractivity contribution is 5.38. The Labute approximate surface area is 121 Å². The first-order valence-corrected chi connectivity index (χ1v) is 8.33. The van der Waals surface area contributed by atoms with Gasteiger partial charge >= 0.3 is 0 Å². The van der Waals surface area contributed by atoms with Gasteiger partial charge in [0.1, 0.15) is 5.60 Å². The number of nitrogens with zero attached hydrogens (tertiary/aromatic N) is 1. The lowest BCUT2D eigenvalue weighted by atomic mass is 9.86. The summed E-state index contributed by atoms with van der Waals surface area (Å²) >= 11 is 0. The molecule has 1 saturated heterocycles. The molecule has 3 aliphatic rings. The Balaban J connectivity index is 1.64. The van der Waals surface area contributed by atoms with Crippen LogP contribution >= 0.6 is 0 Å². The fourth-order valence-corrected chi connectivity index (χ4v) is 4.14. The SMILES string of the molecule is OC(CN1CCCC1)(c1ccc2c(c1)CCC2)C1CC1. The summed E-state index contributed by atoms with van der Waals surface area (Å²) in [6, 6.07) is 6.80. The number of β-amino-alcohol motifs (C(OH)–C–C–N with tert-alkyl or cyclic N) is 1. The van der Waals surface area contributed by atoms with Crippen molar-refractivity contribution in [3.8, 4) is 0 Å². The van der Waals surface area contributed by atoms with E-state index in [1.165, 1.54) is 74.7 Å². The number of likely N-dealkylation sites (tertiary alicyclic amines) is 1. The standard InChI is InChI=1S/C18H25NO/c20-18(16-8-9-16,13-19-10-1-2-11-19)17-7-6-14-4-3-5-15(14)12-17/h6-7,12,16,20H,1-5,8-11,13H2. The van der Waals surface area contributed by atoms with E-state index in [1.807, 2.05) is 0 Å². The first kappa shape index (κ1) is 12.8. The molecular weight excluding hydrogens is 246 g/mol. The predicted octanol–water partition coefficient (Wildman–Crippen LogP) is 2.87. The molecule has 1 aromatic carbocycles. The van der Waals surface area contributed by atoms with Gasteiger partial charge in [0.15, 0.2) is 0 Å². The topological polar surface area (TPSA) is 23.5 Å². The van der Waals surface area contributed by atoms with E-state index in [0.29, 0.717) is 5.92 Å².